The fourth-order valence-corrected chi connectivity index (χ4v) is 1.18. The molecule has 0 aliphatic rings. The molecule has 1 amide bonds. The second kappa shape index (κ2) is 6.44. The molecule has 0 spiro atoms. The Morgan fingerprint density at radius 1 is 1.39 bits per heavy atom. The Balaban J connectivity index is 2.45. The molecule has 18 heavy (non-hydrogen) atoms. The summed E-state index contributed by atoms with van der Waals surface area (Å²) in [6.07, 6.45) is 3.00. The van der Waals surface area contributed by atoms with Crippen LogP contribution in [0.3, 0.4) is 0 Å². The number of hydrogen-bond acceptors (Lipinski definition) is 3. The summed E-state index contributed by atoms with van der Waals surface area (Å²) in [6, 6.07) is 7.06. The molecule has 96 valence electrons. The first-order valence-electron chi connectivity index (χ1n) is 5.53. The van der Waals surface area contributed by atoms with Gasteiger partial charge >= 0.3 is 5.97 Å². The van der Waals surface area contributed by atoms with Crippen LogP contribution in [-0.4, -0.2) is 23.5 Å². The first-order chi connectivity index (χ1) is 8.49. The number of aliphatic carboxylic acids is 1. The van der Waals surface area contributed by atoms with Crippen molar-refractivity contribution in [2.75, 3.05) is 12.3 Å². The number of anilines is 1. The molecule has 1 aromatic rings. The highest BCUT2D eigenvalue weighted by atomic mass is 16.4. The van der Waals surface area contributed by atoms with Crippen molar-refractivity contribution in [3.63, 3.8) is 0 Å². The molecule has 1 rings (SSSR count). The van der Waals surface area contributed by atoms with Crippen molar-refractivity contribution in [2.24, 2.45) is 5.92 Å². The predicted molar refractivity (Wildman–Crippen MR) is 69.7 cm³/mol. The van der Waals surface area contributed by atoms with Crippen molar-refractivity contribution in [1.82, 2.24) is 5.32 Å². The molecule has 5 heteroatoms. The van der Waals surface area contributed by atoms with Crippen LogP contribution in [0.15, 0.2) is 30.3 Å². The molecule has 0 saturated carbocycles. The molecular formula is C13H16N2O3. The number of hydrogen-bond donors (Lipinski definition) is 3. The van der Waals surface area contributed by atoms with Crippen LogP contribution >= 0.6 is 0 Å². The maximum absolute atomic E-state index is 11.4. The van der Waals surface area contributed by atoms with E-state index in [1.165, 1.54) is 13.0 Å². The number of benzene rings is 1. The highest BCUT2D eigenvalue weighted by Crippen LogP contribution is 2.06. The van der Waals surface area contributed by atoms with E-state index in [1.54, 1.807) is 30.3 Å². The average Bonchev–Trinajstić information content (AvgIpc) is 2.35. The standard InChI is InChI=1S/C13H16N2O3/c1-9(13(17)18)8-15-12(16)7-4-10-2-5-11(14)6-3-10/h2-7,9H,8,14H2,1H3,(H,15,16)(H,17,18)/b7-4+. The minimum absolute atomic E-state index is 0.111. The first kappa shape index (κ1) is 13.8. The fraction of sp³-hybridized carbons (Fsp3) is 0.231. The molecule has 1 aromatic carbocycles. The lowest BCUT2D eigenvalue weighted by molar-refractivity contribution is -0.141. The largest absolute Gasteiger partial charge is 0.481 e. The van der Waals surface area contributed by atoms with E-state index in [2.05, 4.69) is 5.32 Å². The quantitative estimate of drug-likeness (QED) is 0.537. The summed E-state index contributed by atoms with van der Waals surface area (Å²) in [4.78, 5) is 21.9. The van der Waals surface area contributed by atoms with Gasteiger partial charge < -0.3 is 16.2 Å². The number of nitrogens with one attached hydrogen (secondary N) is 1. The number of carbonyl (C=O) groups excluding carboxylic acids is 1. The zero-order valence-corrected chi connectivity index (χ0v) is 10.1. The fourth-order valence-electron chi connectivity index (χ4n) is 1.18. The van der Waals surface area contributed by atoms with Crippen molar-refractivity contribution in [3.8, 4) is 0 Å². The molecule has 5 nitrogen and oxygen atoms in total. The molecule has 4 N–H and O–H groups in total. The summed E-state index contributed by atoms with van der Waals surface area (Å²) in [5, 5.41) is 11.2. The zero-order valence-electron chi connectivity index (χ0n) is 10.1. The molecule has 0 heterocycles. The van der Waals surface area contributed by atoms with Gasteiger partial charge in [-0.25, -0.2) is 0 Å². The van der Waals surface area contributed by atoms with E-state index in [4.69, 9.17) is 10.8 Å². The summed E-state index contributed by atoms with van der Waals surface area (Å²) < 4.78 is 0. The highest BCUT2D eigenvalue weighted by Gasteiger charge is 2.10. The van der Waals surface area contributed by atoms with E-state index < -0.39 is 11.9 Å². The number of carboxylic acids is 1. The molecule has 0 bridgehead atoms. The summed E-state index contributed by atoms with van der Waals surface area (Å²) >= 11 is 0. The van der Waals surface area contributed by atoms with Crippen molar-refractivity contribution in [2.45, 2.75) is 6.92 Å². The van der Waals surface area contributed by atoms with Gasteiger partial charge in [0, 0.05) is 18.3 Å². The van der Waals surface area contributed by atoms with E-state index in [0.29, 0.717) is 5.69 Å². The Bertz CT molecular complexity index is 452. The van der Waals surface area contributed by atoms with Crippen LogP contribution in [0.25, 0.3) is 6.08 Å². The molecule has 0 radical (unpaired) electrons. The van der Waals surface area contributed by atoms with Gasteiger partial charge in [0.25, 0.3) is 0 Å². The van der Waals surface area contributed by atoms with Gasteiger partial charge in [-0.3, -0.25) is 9.59 Å². The average molecular weight is 248 g/mol. The van der Waals surface area contributed by atoms with E-state index in [-0.39, 0.29) is 12.5 Å². The number of carbonyl (C=O) groups is 2. The summed E-state index contributed by atoms with van der Waals surface area (Å²) in [5.41, 5.74) is 7.04. The highest BCUT2D eigenvalue weighted by molar-refractivity contribution is 5.92. The Hall–Kier alpha value is -2.30. The van der Waals surface area contributed by atoms with Crippen LogP contribution in [0.5, 0.6) is 0 Å². The Morgan fingerprint density at radius 2 is 2.00 bits per heavy atom. The molecule has 0 aromatic heterocycles. The van der Waals surface area contributed by atoms with Crippen LogP contribution in [0.2, 0.25) is 0 Å². The molecule has 1 atom stereocenters. The molecule has 1 unspecified atom stereocenters. The van der Waals surface area contributed by atoms with E-state index in [9.17, 15) is 9.59 Å². The van der Waals surface area contributed by atoms with Crippen LogP contribution in [0.4, 0.5) is 5.69 Å². The smallest absolute Gasteiger partial charge is 0.308 e. The number of nitrogen functional groups attached to an aromatic ring is 1. The summed E-state index contributed by atoms with van der Waals surface area (Å²) in [7, 11) is 0. The van der Waals surface area contributed by atoms with Crippen LogP contribution in [-0.2, 0) is 9.59 Å². The molecule has 0 fully saturated rings. The van der Waals surface area contributed by atoms with Crippen LogP contribution < -0.4 is 11.1 Å². The molecule has 0 aliphatic carbocycles. The topological polar surface area (TPSA) is 92.4 Å². The van der Waals surface area contributed by atoms with Gasteiger partial charge in [-0.1, -0.05) is 19.1 Å². The molecular weight excluding hydrogens is 232 g/mol. The third-order valence-electron chi connectivity index (χ3n) is 2.37. The van der Waals surface area contributed by atoms with Crippen LogP contribution in [0, 0.1) is 5.92 Å². The van der Waals surface area contributed by atoms with Crippen LogP contribution in [0.1, 0.15) is 12.5 Å². The second-order valence-electron chi connectivity index (χ2n) is 3.98. The molecule has 0 saturated heterocycles. The van der Waals surface area contributed by atoms with Gasteiger partial charge in [0.2, 0.25) is 5.91 Å². The third-order valence-corrected chi connectivity index (χ3v) is 2.37. The number of carboxylic acid groups (broad SMARTS) is 1. The Morgan fingerprint density at radius 3 is 2.56 bits per heavy atom. The lowest BCUT2D eigenvalue weighted by Crippen LogP contribution is -2.30. The maximum atomic E-state index is 11.4. The van der Waals surface area contributed by atoms with Gasteiger partial charge in [-0.05, 0) is 23.8 Å². The summed E-state index contributed by atoms with van der Waals surface area (Å²) in [6.45, 7) is 1.65. The second-order valence-corrected chi connectivity index (χ2v) is 3.98. The van der Waals surface area contributed by atoms with Gasteiger partial charge in [0.15, 0.2) is 0 Å². The Labute approximate surface area is 105 Å². The van der Waals surface area contributed by atoms with Gasteiger partial charge in [0.1, 0.15) is 0 Å². The normalized spacial score (nSPS) is 12.3. The predicted octanol–water partition coefficient (Wildman–Crippen LogP) is 1.12. The minimum Gasteiger partial charge on any atom is -0.481 e. The number of amides is 1. The number of rotatable bonds is 5. The van der Waals surface area contributed by atoms with E-state index in [1.807, 2.05) is 0 Å². The van der Waals surface area contributed by atoms with Gasteiger partial charge in [-0.15, -0.1) is 0 Å². The van der Waals surface area contributed by atoms with Crippen molar-refractivity contribution in [1.29, 1.82) is 0 Å². The summed E-state index contributed by atoms with van der Waals surface area (Å²) in [5.74, 6) is -1.85. The SMILES string of the molecule is CC(CNC(=O)/C=C/c1ccc(N)cc1)C(=O)O. The monoisotopic (exact) mass is 248 g/mol. The van der Waals surface area contributed by atoms with Gasteiger partial charge in [-0.2, -0.15) is 0 Å². The zero-order chi connectivity index (χ0) is 13.5. The van der Waals surface area contributed by atoms with E-state index >= 15 is 0 Å². The maximum Gasteiger partial charge on any atom is 0.308 e. The van der Waals surface area contributed by atoms with Gasteiger partial charge in [0.05, 0.1) is 5.92 Å². The lowest BCUT2D eigenvalue weighted by Gasteiger charge is -2.05. The lowest BCUT2D eigenvalue weighted by atomic mass is 10.2. The Kier molecular flexibility index (Phi) is 4.92. The van der Waals surface area contributed by atoms with Crippen molar-refractivity contribution in [3.05, 3.63) is 35.9 Å². The molecule has 0 aliphatic heterocycles. The first-order valence-corrected chi connectivity index (χ1v) is 5.53. The van der Waals surface area contributed by atoms with Crippen molar-refractivity contribution < 1.29 is 14.7 Å². The van der Waals surface area contributed by atoms with Crippen molar-refractivity contribution >= 4 is 23.6 Å². The third kappa shape index (κ3) is 4.69. The number of nitrogens with two attached hydrogens (primary N) is 1. The minimum atomic E-state index is -0.933. The van der Waals surface area contributed by atoms with E-state index in [0.717, 1.165) is 5.56 Å².